The number of rotatable bonds is 9. The first kappa shape index (κ1) is 27.5. The maximum atomic E-state index is 13.2. The van der Waals surface area contributed by atoms with Crippen LogP contribution in [0.3, 0.4) is 0 Å². The maximum Gasteiger partial charge on any atom is 0.241 e. The largest absolute Gasteiger partial charge is 0.394 e. The van der Waals surface area contributed by atoms with Crippen LogP contribution in [-0.2, 0) is 14.8 Å². The summed E-state index contributed by atoms with van der Waals surface area (Å²) < 4.78 is 36.0. The van der Waals surface area contributed by atoms with Crippen molar-refractivity contribution >= 4 is 55.4 Å². The predicted molar refractivity (Wildman–Crippen MR) is 147 cm³/mol. The molecule has 13 nitrogen and oxygen atoms in total. The van der Waals surface area contributed by atoms with Gasteiger partial charge in [-0.15, -0.1) is 11.8 Å². The number of sulfonamides is 1. The number of fused-ring (bicyclic) bond motifs is 2. The number of imidazole rings is 1. The molecule has 0 radical (unpaired) electrons. The van der Waals surface area contributed by atoms with Gasteiger partial charge in [-0.1, -0.05) is 24.3 Å². The molecule has 3 heterocycles. The second-order valence-corrected chi connectivity index (χ2v) is 12.0. The van der Waals surface area contributed by atoms with E-state index in [1.807, 2.05) is 37.2 Å². The lowest BCUT2D eigenvalue weighted by atomic mass is 10.1. The Labute approximate surface area is 228 Å². The van der Waals surface area contributed by atoms with Gasteiger partial charge in [0.15, 0.2) is 11.9 Å². The molecular formula is C24H29N7O6S2. The van der Waals surface area contributed by atoms with Gasteiger partial charge < -0.3 is 30.7 Å². The molecule has 0 saturated carbocycles. The third-order valence-corrected chi connectivity index (χ3v) is 8.95. The van der Waals surface area contributed by atoms with Crippen LogP contribution < -0.4 is 15.4 Å². The average Bonchev–Trinajstić information content (AvgIpc) is 3.45. The first-order valence-electron chi connectivity index (χ1n) is 12.1. The summed E-state index contributed by atoms with van der Waals surface area (Å²) in [5, 5.41) is 31.8. The van der Waals surface area contributed by atoms with E-state index in [-0.39, 0.29) is 23.0 Å². The van der Waals surface area contributed by atoms with Gasteiger partial charge in [-0.25, -0.2) is 23.1 Å². The fourth-order valence-corrected chi connectivity index (χ4v) is 6.81. The minimum absolute atomic E-state index is 0.0495. The van der Waals surface area contributed by atoms with E-state index in [9.17, 15) is 23.7 Å². The summed E-state index contributed by atoms with van der Waals surface area (Å²) in [4.78, 5) is 14.9. The Hall–Kier alpha value is -3.05. The molecule has 6 N–H and O–H groups in total. The van der Waals surface area contributed by atoms with Crippen molar-refractivity contribution in [3.05, 3.63) is 42.7 Å². The van der Waals surface area contributed by atoms with Gasteiger partial charge in [0.1, 0.15) is 28.9 Å². The van der Waals surface area contributed by atoms with Crippen LogP contribution in [0, 0.1) is 0 Å². The summed E-state index contributed by atoms with van der Waals surface area (Å²) in [6, 6.07) is 10.7. The van der Waals surface area contributed by atoms with Crippen LogP contribution in [0.25, 0.3) is 21.9 Å². The van der Waals surface area contributed by atoms with Gasteiger partial charge in [-0.05, 0) is 12.1 Å². The molecule has 0 amide bonds. The van der Waals surface area contributed by atoms with E-state index in [0.29, 0.717) is 21.7 Å². The predicted octanol–water partition coefficient (Wildman–Crippen LogP) is 0.310. The molecule has 0 bridgehead atoms. The number of hydrogen-bond acceptors (Lipinski definition) is 12. The van der Waals surface area contributed by atoms with Gasteiger partial charge in [0, 0.05) is 42.9 Å². The molecule has 1 aliphatic heterocycles. The van der Waals surface area contributed by atoms with Crippen LogP contribution >= 0.6 is 11.8 Å². The standard InChI is InChI=1S/C24H29N7O6S2/c1-30(2)15-7-3-6-14-13(15)5-4-8-17(14)39(35,36)27-9-10-38-22-18-21(28-24(25)29-22)31(12-26-18)23-20(34)19(33)16(11-32)37-23/h3-8,12,16,19-20,23,27,32-34H,9-11H2,1-2H3,(H2,25,28,29)/t16-,19-,20+,23-/m1/s1. The van der Waals surface area contributed by atoms with E-state index in [4.69, 9.17) is 10.5 Å². The van der Waals surface area contributed by atoms with Crippen LogP contribution in [-0.4, -0.2) is 94.6 Å². The molecule has 2 aromatic carbocycles. The number of benzene rings is 2. The molecule has 4 atom stereocenters. The topological polar surface area (TPSA) is 189 Å². The molecule has 5 rings (SSSR count). The normalized spacial score (nSPS) is 21.7. The number of ether oxygens (including phenoxy) is 1. The summed E-state index contributed by atoms with van der Waals surface area (Å²) in [5.74, 6) is 0.269. The fraction of sp³-hybridized carbons (Fsp3) is 0.375. The lowest BCUT2D eigenvalue weighted by Crippen LogP contribution is -2.33. The molecule has 39 heavy (non-hydrogen) atoms. The Morgan fingerprint density at radius 2 is 1.87 bits per heavy atom. The third kappa shape index (κ3) is 5.14. The Balaban J connectivity index is 1.32. The minimum atomic E-state index is -3.81. The molecule has 15 heteroatoms. The summed E-state index contributed by atoms with van der Waals surface area (Å²) in [5.41, 5.74) is 7.48. The van der Waals surface area contributed by atoms with Gasteiger partial charge in [0.05, 0.1) is 17.8 Å². The Morgan fingerprint density at radius 3 is 2.59 bits per heavy atom. The van der Waals surface area contributed by atoms with Crippen LogP contribution in [0.15, 0.2) is 52.6 Å². The number of anilines is 2. The van der Waals surface area contributed by atoms with Crippen molar-refractivity contribution in [2.24, 2.45) is 0 Å². The van der Waals surface area contributed by atoms with E-state index in [1.165, 1.54) is 22.7 Å². The molecule has 0 spiro atoms. The highest BCUT2D eigenvalue weighted by Crippen LogP contribution is 2.34. The van der Waals surface area contributed by atoms with Crippen molar-refractivity contribution in [1.29, 1.82) is 0 Å². The maximum absolute atomic E-state index is 13.2. The van der Waals surface area contributed by atoms with Gasteiger partial charge in [-0.2, -0.15) is 4.98 Å². The SMILES string of the molecule is CN(C)c1cccc2c(S(=O)(=O)NCCSc3nc(N)nc4c3ncn4[C@@H]3O[C@H](CO)[C@@H](O)[C@@H]3O)cccc12. The first-order chi connectivity index (χ1) is 18.6. The average molecular weight is 576 g/mol. The summed E-state index contributed by atoms with van der Waals surface area (Å²) in [6.07, 6.45) is -3.21. The van der Waals surface area contributed by atoms with Crippen molar-refractivity contribution in [2.45, 2.75) is 34.5 Å². The summed E-state index contributed by atoms with van der Waals surface area (Å²) in [6.45, 7) is -0.358. The van der Waals surface area contributed by atoms with E-state index in [2.05, 4.69) is 19.7 Å². The van der Waals surface area contributed by atoms with E-state index in [0.717, 1.165) is 11.1 Å². The van der Waals surface area contributed by atoms with Crippen molar-refractivity contribution in [3.63, 3.8) is 0 Å². The zero-order valence-corrected chi connectivity index (χ0v) is 22.8. The minimum Gasteiger partial charge on any atom is -0.394 e. The summed E-state index contributed by atoms with van der Waals surface area (Å²) in [7, 11) is 0.00435. The number of aliphatic hydroxyl groups excluding tert-OH is 3. The van der Waals surface area contributed by atoms with Crippen molar-refractivity contribution in [1.82, 2.24) is 24.2 Å². The second kappa shape index (κ2) is 10.8. The molecule has 208 valence electrons. The van der Waals surface area contributed by atoms with E-state index in [1.54, 1.807) is 18.2 Å². The number of hydrogen-bond donors (Lipinski definition) is 5. The highest BCUT2D eigenvalue weighted by molar-refractivity contribution is 7.99. The van der Waals surface area contributed by atoms with Gasteiger partial charge in [-0.3, -0.25) is 4.57 Å². The number of nitrogen functional groups attached to an aromatic ring is 1. The lowest BCUT2D eigenvalue weighted by Gasteiger charge is -2.17. The van der Waals surface area contributed by atoms with Crippen molar-refractivity contribution in [3.8, 4) is 0 Å². The van der Waals surface area contributed by atoms with Gasteiger partial charge in [0.2, 0.25) is 16.0 Å². The summed E-state index contributed by atoms with van der Waals surface area (Å²) >= 11 is 1.24. The third-order valence-electron chi connectivity index (χ3n) is 6.46. The van der Waals surface area contributed by atoms with Gasteiger partial charge in [0.25, 0.3) is 0 Å². The van der Waals surface area contributed by atoms with Crippen LogP contribution in [0.4, 0.5) is 11.6 Å². The van der Waals surface area contributed by atoms with Crippen molar-refractivity contribution < 1.29 is 28.5 Å². The van der Waals surface area contributed by atoms with Crippen LogP contribution in [0.1, 0.15) is 6.23 Å². The number of nitrogens with zero attached hydrogens (tertiary/aromatic N) is 5. The van der Waals surface area contributed by atoms with Crippen LogP contribution in [0.5, 0.6) is 0 Å². The van der Waals surface area contributed by atoms with Crippen LogP contribution in [0.2, 0.25) is 0 Å². The number of nitrogens with two attached hydrogens (primary N) is 1. The van der Waals surface area contributed by atoms with Gasteiger partial charge >= 0.3 is 0 Å². The monoisotopic (exact) mass is 575 g/mol. The second-order valence-electron chi connectivity index (χ2n) is 9.21. The highest BCUT2D eigenvalue weighted by Gasteiger charge is 2.44. The molecule has 1 aliphatic rings. The Kier molecular flexibility index (Phi) is 7.65. The first-order valence-corrected chi connectivity index (χ1v) is 14.5. The Morgan fingerprint density at radius 1 is 1.13 bits per heavy atom. The number of thioether (sulfide) groups is 1. The molecular weight excluding hydrogens is 546 g/mol. The molecule has 1 fully saturated rings. The molecule has 0 unspecified atom stereocenters. The zero-order chi connectivity index (χ0) is 27.9. The fourth-order valence-electron chi connectivity index (χ4n) is 4.59. The quantitative estimate of drug-likeness (QED) is 0.104. The lowest BCUT2D eigenvalue weighted by molar-refractivity contribution is -0.0511. The Bertz CT molecular complexity index is 1610. The molecule has 0 aliphatic carbocycles. The molecule has 1 saturated heterocycles. The zero-order valence-electron chi connectivity index (χ0n) is 21.2. The highest BCUT2D eigenvalue weighted by atomic mass is 32.2. The smallest absolute Gasteiger partial charge is 0.241 e. The number of aliphatic hydroxyl groups is 3. The van der Waals surface area contributed by atoms with Crippen molar-refractivity contribution in [2.75, 3.05) is 43.6 Å². The molecule has 2 aromatic heterocycles. The molecule has 4 aromatic rings. The number of aromatic nitrogens is 4. The van der Waals surface area contributed by atoms with E-state index < -0.39 is 41.2 Å². The number of nitrogens with one attached hydrogen (secondary N) is 1. The van der Waals surface area contributed by atoms with E-state index >= 15 is 0 Å².